The largest absolute Gasteiger partial charge is 0.490 e. The van der Waals surface area contributed by atoms with Gasteiger partial charge in [-0.05, 0) is 31.9 Å². The van der Waals surface area contributed by atoms with Crippen molar-refractivity contribution in [3.8, 4) is 17.6 Å². The Morgan fingerprint density at radius 2 is 1.80 bits per heavy atom. The molecule has 7 heteroatoms. The van der Waals surface area contributed by atoms with E-state index in [2.05, 4.69) is 11.4 Å². The third-order valence-corrected chi connectivity index (χ3v) is 3.64. The predicted molar refractivity (Wildman–Crippen MR) is 91.1 cm³/mol. The Morgan fingerprint density at radius 3 is 2.32 bits per heavy atom. The van der Waals surface area contributed by atoms with Gasteiger partial charge in [0.1, 0.15) is 5.54 Å². The van der Waals surface area contributed by atoms with E-state index >= 15 is 0 Å². The molecule has 1 N–H and O–H groups in total. The molecule has 136 valence electrons. The maximum absolute atomic E-state index is 11.8. The Labute approximate surface area is 147 Å². The summed E-state index contributed by atoms with van der Waals surface area (Å²) in [6.45, 7) is 6.74. The van der Waals surface area contributed by atoms with Crippen molar-refractivity contribution in [2.75, 3.05) is 19.8 Å². The van der Waals surface area contributed by atoms with Gasteiger partial charge in [0.15, 0.2) is 24.7 Å². The summed E-state index contributed by atoms with van der Waals surface area (Å²) in [5, 5.41) is 11.7. The van der Waals surface area contributed by atoms with Gasteiger partial charge >= 0.3 is 5.97 Å². The predicted octanol–water partition coefficient (Wildman–Crippen LogP) is 2.06. The van der Waals surface area contributed by atoms with Gasteiger partial charge in [0.25, 0.3) is 5.91 Å². The van der Waals surface area contributed by atoms with Gasteiger partial charge in [0, 0.05) is 0 Å². The molecule has 0 fully saturated rings. The lowest BCUT2D eigenvalue weighted by molar-refractivity contribution is -0.150. The normalized spacial score (nSPS) is 12.6. The Bertz CT molecular complexity index is 639. The molecule has 1 aromatic carbocycles. The second kappa shape index (κ2) is 9.52. The highest BCUT2D eigenvalue weighted by Gasteiger charge is 2.30. The van der Waals surface area contributed by atoms with Crippen molar-refractivity contribution < 1.29 is 23.8 Å². The van der Waals surface area contributed by atoms with Crippen molar-refractivity contribution in [2.24, 2.45) is 5.92 Å². The van der Waals surface area contributed by atoms with E-state index < -0.39 is 24.0 Å². The number of carbonyl (C=O) groups excluding carboxylic acids is 2. The van der Waals surface area contributed by atoms with E-state index in [1.807, 2.05) is 20.8 Å². The van der Waals surface area contributed by atoms with Crippen LogP contribution in [0.3, 0.4) is 0 Å². The fourth-order valence-electron chi connectivity index (χ4n) is 1.80. The van der Waals surface area contributed by atoms with Crippen molar-refractivity contribution in [1.82, 2.24) is 5.32 Å². The summed E-state index contributed by atoms with van der Waals surface area (Å²) in [7, 11) is 0. The fraction of sp³-hybridized carbons (Fsp3) is 0.500. The summed E-state index contributed by atoms with van der Waals surface area (Å²) in [6, 6.07) is 9.00. The van der Waals surface area contributed by atoms with Gasteiger partial charge in [-0.15, -0.1) is 0 Å². The maximum Gasteiger partial charge on any atom is 0.344 e. The van der Waals surface area contributed by atoms with Crippen molar-refractivity contribution in [3.05, 3.63) is 24.3 Å². The van der Waals surface area contributed by atoms with Gasteiger partial charge in [0.05, 0.1) is 12.7 Å². The van der Waals surface area contributed by atoms with Crippen molar-refractivity contribution in [2.45, 2.75) is 33.2 Å². The Balaban J connectivity index is 2.46. The van der Waals surface area contributed by atoms with Crippen LogP contribution in [-0.4, -0.2) is 37.2 Å². The molecule has 0 heterocycles. The van der Waals surface area contributed by atoms with Crippen molar-refractivity contribution in [1.29, 1.82) is 5.26 Å². The number of nitrogens with zero attached hydrogens (tertiary/aromatic N) is 1. The van der Waals surface area contributed by atoms with Crippen molar-refractivity contribution >= 4 is 11.9 Å². The number of nitriles is 1. The Hall–Kier alpha value is -2.75. The van der Waals surface area contributed by atoms with Crippen LogP contribution in [-0.2, 0) is 14.3 Å². The van der Waals surface area contributed by atoms with Crippen LogP contribution in [0, 0.1) is 17.2 Å². The molecule has 1 aromatic rings. The maximum atomic E-state index is 11.8. The number of ether oxygens (including phenoxy) is 3. The number of benzene rings is 1. The summed E-state index contributed by atoms with van der Waals surface area (Å²) in [5.41, 5.74) is -1.02. The first-order valence-electron chi connectivity index (χ1n) is 8.05. The number of hydrogen-bond acceptors (Lipinski definition) is 6. The molecule has 0 aliphatic heterocycles. The summed E-state index contributed by atoms with van der Waals surface area (Å²) in [6.07, 6.45) is 0. The average molecular weight is 348 g/mol. The summed E-state index contributed by atoms with van der Waals surface area (Å²) < 4.78 is 15.6. The van der Waals surface area contributed by atoms with Crippen LogP contribution in [0.2, 0.25) is 0 Å². The average Bonchev–Trinajstić information content (AvgIpc) is 2.59. The van der Waals surface area contributed by atoms with E-state index in [4.69, 9.17) is 19.5 Å². The molecule has 0 unspecified atom stereocenters. The van der Waals surface area contributed by atoms with E-state index in [0.717, 1.165) is 0 Å². The van der Waals surface area contributed by atoms with Crippen LogP contribution in [0.25, 0.3) is 0 Å². The van der Waals surface area contributed by atoms with Crippen LogP contribution in [0.1, 0.15) is 27.7 Å². The van der Waals surface area contributed by atoms with E-state index in [0.29, 0.717) is 18.1 Å². The molecular formula is C18H24N2O5. The molecule has 1 rings (SSSR count). The van der Waals surface area contributed by atoms with E-state index in [1.54, 1.807) is 31.2 Å². The smallest absolute Gasteiger partial charge is 0.344 e. The van der Waals surface area contributed by atoms with Crippen LogP contribution < -0.4 is 14.8 Å². The minimum Gasteiger partial charge on any atom is -0.490 e. The van der Waals surface area contributed by atoms with Crippen LogP contribution >= 0.6 is 0 Å². The minimum absolute atomic E-state index is 0.0875. The molecule has 0 saturated heterocycles. The summed E-state index contributed by atoms with van der Waals surface area (Å²) in [5.74, 6) is -0.374. The SMILES string of the molecule is CCOc1ccccc1OCC(=O)OCC(=O)N[C@@](C)(C#N)C(C)C. The summed E-state index contributed by atoms with van der Waals surface area (Å²) >= 11 is 0. The highest BCUT2D eigenvalue weighted by Crippen LogP contribution is 2.26. The van der Waals surface area contributed by atoms with E-state index in [-0.39, 0.29) is 12.5 Å². The topological polar surface area (TPSA) is 97.7 Å². The second-order valence-electron chi connectivity index (χ2n) is 5.85. The fourth-order valence-corrected chi connectivity index (χ4v) is 1.80. The molecule has 0 aliphatic rings. The molecule has 1 atom stereocenters. The highest BCUT2D eigenvalue weighted by molar-refractivity contribution is 5.81. The van der Waals surface area contributed by atoms with Gasteiger partial charge < -0.3 is 19.5 Å². The Kier molecular flexibility index (Phi) is 7.73. The number of amides is 1. The number of para-hydroxylation sites is 2. The van der Waals surface area contributed by atoms with E-state index in [9.17, 15) is 9.59 Å². The van der Waals surface area contributed by atoms with Gasteiger partial charge in [-0.2, -0.15) is 5.26 Å². The summed E-state index contributed by atoms with van der Waals surface area (Å²) in [4.78, 5) is 23.6. The Morgan fingerprint density at radius 1 is 1.20 bits per heavy atom. The van der Waals surface area contributed by atoms with Crippen LogP contribution in [0.4, 0.5) is 0 Å². The number of hydrogen-bond donors (Lipinski definition) is 1. The molecule has 0 spiro atoms. The van der Waals surface area contributed by atoms with Crippen LogP contribution in [0.15, 0.2) is 24.3 Å². The molecule has 0 radical (unpaired) electrons. The monoisotopic (exact) mass is 348 g/mol. The number of nitrogens with one attached hydrogen (secondary N) is 1. The molecule has 0 bridgehead atoms. The zero-order chi connectivity index (χ0) is 18.9. The third kappa shape index (κ3) is 6.34. The van der Waals surface area contributed by atoms with Gasteiger partial charge in [-0.1, -0.05) is 26.0 Å². The molecule has 0 saturated carbocycles. The number of rotatable bonds is 9. The molecule has 25 heavy (non-hydrogen) atoms. The first-order chi connectivity index (χ1) is 11.8. The number of esters is 1. The molecule has 0 aromatic heterocycles. The zero-order valence-corrected chi connectivity index (χ0v) is 15.0. The first kappa shape index (κ1) is 20.3. The quantitative estimate of drug-likeness (QED) is 0.686. The van der Waals surface area contributed by atoms with Gasteiger partial charge in [-0.3, -0.25) is 4.79 Å². The standard InChI is InChI=1S/C18H24N2O5/c1-5-23-14-8-6-7-9-15(14)24-11-17(22)25-10-16(21)20-18(4,12-19)13(2)3/h6-9,13H,5,10-11H2,1-4H3,(H,20,21)/t18-/m0/s1. The second-order valence-corrected chi connectivity index (χ2v) is 5.85. The number of carbonyl (C=O) groups is 2. The molecule has 7 nitrogen and oxygen atoms in total. The van der Waals surface area contributed by atoms with Crippen molar-refractivity contribution in [3.63, 3.8) is 0 Å². The minimum atomic E-state index is -1.02. The molecule has 1 amide bonds. The lowest BCUT2D eigenvalue weighted by atomic mass is 9.90. The molecular weight excluding hydrogens is 324 g/mol. The molecule has 0 aliphatic carbocycles. The van der Waals surface area contributed by atoms with Gasteiger partial charge in [-0.25, -0.2) is 4.79 Å². The third-order valence-electron chi connectivity index (χ3n) is 3.64. The lowest BCUT2D eigenvalue weighted by Gasteiger charge is -2.27. The highest BCUT2D eigenvalue weighted by atomic mass is 16.6. The first-order valence-corrected chi connectivity index (χ1v) is 8.05. The van der Waals surface area contributed by atoms with E-state index in [1.165, 1.54) is 0 Å². The zero-order valence-electron chi connectivity index (χ0n) is 15.0. The van der Waals surface area contributed by atoms with Gasteiger partial charge in [0.2, 0.25) is 0 Å². The lowest BCUT2D eigenvalue weighted by Crippen LogP contribution is -2.50. The van der Waals surface area contributed by atoms with Crippen LogP contribution in [0.5, 0.6) is 11.5 Å².